The van der Waals surface area contributed by atoms with Crippen molar-refractivity contribution in [3.05, 3.63) is 84.9 Å². The zero-order valence-electron chi connectivity index (χ0n) is 13.0. The van der Waals surface area contributed by atoms with Crippen molar-refractivity contribution in [3.8, 4) is 0 Å². The highest BCUT2D eigenvalue weighted by molar-refractivity contribution is 7.80. The van der Waals surface area contributed by atoms with Crippen LogP contribution in [0.5, 0.6) is 0 Å². The van der Waals surface area contributed by atoms with E-state index in [1.807, 2.05) is 29.2 Å². The summed E-state index contributed by atoms with van der Waals surface area (Å²) in [5, 5.41) is 5.06. The largest absolute Gasteiger partial charge is 0.376 e. The number of nitrogens with zero attached hydrogens (tertiary/aromatic N) is 1. The van der Waals surface area contributed by atoms with Gasteiger partial charge >= 0.3 is 0 Å². The van der Waals surface area contributed by atoms with Gasteiger partial charge in [0.15, 0.2) is 5.11 Å². The second-order valence-electron chi connectivity index (χ2n) is 5.74. The molecule has 116 valence electrons. The Hall–Kier alpha value is -2.91. The molecule has 0 aliphatic carbocycles. The summed E-state index contributed by atoms with van der Waals surface area (Å²) in [4.78, 5) is 1.91. The smallest absolute Gasteiger partial charge is 0.175 e. The summed E-state index contributed by atoms with van der Waals surface area (Å²) >= 11 is 5.33. The van der Waals surface area contributed by atoms with Crippen molar-refractivity contribution in [2.75, 3.05) is 4.90 Å². The van der Waals surface area contributed by atoms with Gasteiger partial charge in [0.1, 0.15) is 0 Å². The van der Waals surface area contributed by atoms with Crippen LogP contribution in [-0.4, -0.2) is 5.11 Å². The van der Waals surface area contributed by atoms with Crippen molar-refractivity contribution in [1.29, 1.82) is 0 Å². The fourth-order valence-electron chi connectivity index (χ4n) is 3.04. The molecule has 0 saturated heterocycles. The highest BCUT2D eigenvalue weighted by Gasteiger charge is 2.13. The van der Waals surface area contributed by atoms with Crippen molar-refractivity contribution >= 4 is 50.2 Å². The molecule has 2 nitrogen and oxygen atoms in total. The summed E-state index contributed by atoms with van der Waals surface area (Å²) in [5.41, 5.74) is 7.98. The van der Waals surface area contributed by atoms with E-state index in [4.69, 9.17) is 18.0 Å². The molecule has 4 aromatic carbocycles. The van der Waals surface area contributed by atoms with Crippen LogP contribution in [-0.2, 0) is 0 Å². The average molecular weight is 328 g/mol. The maximum absolute atomic E-state index is 6.05. The number of fused-ring (bicyclic) bond motifs is 2. The predicted molar refractivity (Wildman–Crippen MR) is 107 cm³/mol. The van der Waals surface area contributed by atoms with Gasteiger partial charge in [-0.15, -0.1) is 0 Å². The molecule has 0 amide bonds. The van der Waals surface area contributed by atoms with Gasteiger partial charge in [-0.3, -0.25) is 4.90 Å². The van der Waals surface area contributed by atoms with Crippen molar-refractivity contribution in [2.24, 2.45) is 5.73 Å². The van der Waals surface area contributed by atoms with E-state index in [1.54, 1.807) is 0 Å². The lowest BCUT2D eigenvalue weighted by Crippen LogP contribution is -2.31. The third-order valence-electron chi connectivity index (χ3n) is 4.20. The second kappa shape index (κ2) is 5.95. The Labute approximate surface area is 146 Å². The van der Waals surface area contributed by atoms with E-state index in [0.29, 0.717) is 5.11 Å². The van der Waals surface area contributed by atoms with Gasteiger partial charge in [0.2, 0.25) is 0 Å². The van der Waals surface area contributed by atoms with E-state index >= 15 is 0 Å². The molecule has 0 aliphatic rings. The van der Waals surface area contributed by atoms with E-state index in [0.717, 1.165) is 22.1 Å². The Balaban J connectivity index is 1.86. The minimum absolute atomic E-state index is 0.334. The summed E-state index contributed by atoms with van der Waals surface area (Å²) in [6.45, 7) is 0. The number of hydrogen-bond donors (Lipinski definition) is 1. The number of anilines is 2. The van der Waals surface area contributed by atoms with Gasteiger partial charge in [-0.2, -0.15) is 0 Å². The van der Waals surface area contributed by atoms with Crippen molar-refractivity contribution in [1.82, 2.24) is 0 Å². The lowest BCUT2D eigenvalue weighted by atomic mass is 10.1. The monoisotopic (exact) mass is 328 g/mol. The predicted octanol–water partition coefficient (Wildman–Crippen LogP) is 5.37. The maximum atomic E-state index is 6.05. The molecule has 0 spiro atoms. The molecule has 3 heteroatoms. The Morgan fingerprint density at radius 1 is 0.625 bits per heavy atom. The van der Waals surface area contributed by atoms with E-state index in [1.165, 1.54) is 10.8 Å². The van der Waals surface area contributed by atoms with Gasteiger partial charge in [-0.05, 0) is 58.0 Å². The van der Waals surface area contributed by atoms with Crippen LogP contribution < -0.4 is 10.6 Å². The zero-order valence-corrected chi connectivity index (χ0v) is 13.8. The minimum atomic E-state index is 0.334. The third kappa shape index (κ3) is 2.59. The molecule has 0 atom stereocenters. The fraction of sp³-hybridized carbons (Fsp3) is 0. The molecule has 2 N–H and O–H groups in total. The van der Waals surface area contributed by atoms with Crippen molar-refractivity contribution in [2.45, 2.75) is 0 Å². The molecule has 4 aromatic rings. The van der Waals surface area contributed by atoms with Crippen LogP contribution in [0.4, 0.5) is 11.4 Å². The molecular formula is C21H16N2S. The van der Waals surface area contributed by atoms with Crippen LogP contribution >= 0.6 is 12.2 Å². The first kappa shape index (κ1) is 14.7. The molecule has 4 rings (SSSR count). The zero-order chi connectivity index (χ0) is 16.5. The highest BCUT2D eigenvalue weighted by Crippen LogP contribution is 2.30. The molecule has 0 fully saturated rings. The maximum Gasteiger partial charge on any atom is 0.175 e. The topological polar surface area (TPSA) is 29.3 Å². The summed E-state index contributed by atoms with van der Waals surface area (Å²) in [6, 6.07) is 29.1. The molecule has 0 aromatic heterocycles. The summed E-state index contributed by atoms with van der Waals surface area (Å²) in [7, 11) is 0. The van der Waals surface area contributed by atoms with Gasteiger partial charge in [0.05, 0.1) is 0 Å². The molecule has 24 heavy (non-hydrogen) atoms. The number of nitrogens with two attached hydrogens (primary N) is 1. The number of thiocarbonyl (C=S) groups is 1. The van der Waals surface area contributed by atoms with E-state index < -0.39 is 0 Å². The lowest BCUT2D eigenvalue weighted by Gasteiger charge is -2.24. The van der Waals surface area contributed by atoms with Crippen LogP contribution in [0.3, 0.4) is 0 Å². The van der Waals surface area contributed by atoms with Gasteiger partial charge in [0, 0.05) is 11.4 Å². The SMILES string of the molecule is NC(=S)N(c1ccc2ccccc2c1)c1ccc2ccccc2c1. The van der Waals surface area contributed by atoms with Crippen LogP contribution in [0, 0.1) is 0 Å². The minimum Gasteiger partial charge on any atom is -0.376 e. The molecular weight excluding hydrogens is 312 g/mol. The Kier molecular flexibility index (Phi) is 3.63. The average Bonchev–Trinajstić information content (AvgIpc) is 2.61. The Morgan fingerprint density at radius 2 is 1.04 bits per heavy atom. The second-order valence-corrected chi connectivity index (χ2v) is 6.15. The number of benzene rings is 4. The highest BCUT2D eigenvalue weighted by atomic mass is 32.1. The van der Waals surface area contributed by atoms with Gasteiger partial charge in [-0.25, -0.2) is 0 Å². The van der Waals surface area contributed by atoms with E-state index in [9.17, 15) is 0 Å². The fourth-order valence-corrected chi connectivity index (χ4v) is 3.25. The van der Waals surface area contributed by atoms with Gasteiger partial charge < -0.3 is 5.73 Å². The van der Waals surface area contributed by atoms with Crippen molar-refractivity contribution in [3.63, 3.8) is 0 Å². The van der Waals surface area contributed by atoms with Crippen LogP contribution in [0.15, 0.2) is 84.9 Å². The van der Waals surface area contributed by atoms with Crippen LogP contribution in [0.2, 0.25) is 0 Å². The van der Waals surface area contributed by atoms with Crippen LogP contribution in [0.25, 0.3) is 21.5 Å². The lowest BCUT2D eigenvalue weighted by molar-refractivity contribution is 1.35. The molecule has 0 unspecified atom stereocenters. The van der Waals surface area contributed by atoms with E-state index in [2.05, 4.69) is 60.7 Å². The first-order valence-electron chi connectivity index (χ1n) is 7.79. The third-order valence-corrected chi connectivity index (χ3v) is 4.39. The van der Waals surface area contributed by atoms with Crippen LogP contribution in [0.1, 0.15) is 0 Å². The van der Waals surface area contributed by atoms with E-state index in [-0.39, 0.29) is 0 Å². The Morgan fingerprint density at radius 3 is 1.46 bits per heavy atom. The molecule has 0 radical (unpaired) electrons. The Bertz CT molecular complexity index is 976. The quantitative estimate of drug-likeness (QED) is 0.501. The van der Waals surface area contributed by atoms with Gasteiger partial charge in [0.25, 0.3) is 0 Å². The molecule has 0 saturated carbocycles. The molecule has 0 bridgehead atoms. The summed E-state index contributed by atoms with van der Waals surface area (Å²) in [5.74, 6) is 0. The normalized spacial score (nSPS) is 10.8. The van der Waals surface area contributed by atoms with Gasteiger partial charge in [-0.1, -0.05) is 60.7 Å². The van der Waals surface area contributed by atoms with Crippen molar-refractivity contribution < 1.29 is 0 Å². The number of hydrogen-bond acceptors (Lipinski definition) is 1. The summed E-state index contributed by atoms with van der Waals surface area (Å²) in [6.07, 6.45) is 0. The summed E-state index contributed by atoms with van der Waals surface area (Å²) < 4.78 is 0. The standard InChI is InChI=1S/C21H16N2S/c22-21(24)23(19-11-9-15-5-1-3-7-17(15)13-19)20-12-10-16-6-2-4-8-18(16)14-20/h1-14H,(H2,22,24). The first-order valence-corrected chi connectivity index (χ1v) is 8.20. The molecule has 0 aliphatic heterocycles. The molecule has 0 heterocycles. The number of rotatable bonds is 2. The first-order chi connectivity index (χ1) is 11.7.